The normalized spacial score (nSPS) is 10.6. The van der Waals surface area contributed by atoms with Crippen molar-refractivity contribution in [3.05, 3.63) is 108 Å². The summed E-state index contributed by atoms with van der Waals surface area (Å²) in [7, 11) is 0. The molecule has 0 aliphatic heterocycles. The summed E-state index contributed by atoms with van der Waals surface area (Å²) in [5, 5.41) is 8.75. The minimum atomic E-state index is 0.779. The molecule has 0 saturated heterocycles. The first kappa shape index (κ1) is 14.9. The van der Waals surface area contributed by atoms with Gasteiger partial charge in [-0.1, -0.05) is 91.0 Å². The SMILES string of the molecule is C(Cc1ccccc1)=NN=C(c1ccccc1)c1ccccc1. The lowest BCUT2D eigenvalue weighted by Crippen LogP contribution is -2.02. The van der Waals surface area contributed by atoms with Crippen molar-refractivity contribution in [1.82, 2.24) is 0 Å². The number of rotatable bonds is 5. The van der Waals surface area contributed by atoms with Gasteiger partial charge in [-0.15, -0.1) is 0 Å². The van der Waals surface area contributed by atoms with Crippen molar-refractivity contribution in [3.8, 4) is 0 Å². The van der Waals surface area contributed by atoms with Crippen molar-refractivity contribution >= 4 is 11.9 Å². The fraction of sp³-hybridized carbons (Fsp3) is 0.0476. The van der Waals surface area contributed by atoms with Crippen LogP contribution in [0.2, 0.25) is 0 Å². The van der Waals surface area contributed by atoms with E-state index in [1.165, 1.54) is 5.56 Å². The molecule has 3 aromatic rings. The summed E-state index contributed by atoms with van der Waals surface area (Å²) in [6.45, 7) is 0. The number of benzene rings is 3. The maximum atomic E-state index is 4.47. The maximum Gasteiger partial charge on any atom is 0.100 e. The Balaban J connectivity index is 1.84. The summed E-state index contributed by atoms with van der Waals surface area (Å²) in [4.78, 5) is 0. The van der Waals surface area contributed by atoms with Crippen molar-refractivity contribution < 1.29 is 0 Å². The first-order valence-electron chi connectivity index (χ1n) is 7.68. The van der Waals surface area contributed by atoms with Crippen molar-refractivity contribution in [1.29, 1.82) is 0 Å². The molecule has 0 fully saturated rings. The van der Waals surface area contributed by atoms with Crippen LogP contribution in [0, 0.1) is 0 Å². The number of hydrogen-bond donors (Lipinski definition) is 0. The van der Waals surface area contributed by atoms with E-state index < -0.39 is 0 Å². The van der Waals surface area contributed by atoms with Gasteiger partial charge in [0.2, 0.25) is 0 Å². The Hall–Kier alpha value is -3.00. The fourth-order valence-corrected chi connectivity index (χ4v) is 2.33. The second kappa shape index (κ2) is 7.85. The van der Waals surface area contributed by atoms with E-state index in [0.29, 0.717) is 0 Å². The highest BCUT2D eigenvalue weighted by Gasteiger charge is 2.05. The lowest BCUT2D eigenvalue weighted by Gasteiger charge is -2.05. The molecule has 0 aromatic heterocycles. The van der Waals surface area contributed by atoms with Crippen LogP contribution in [0.4, 0.5) is 0 Å². The quantitative estimate of drug-likeness (QED) is 0.479. The Bertz CT molecular complexity index is 734. The van der Waals surface area contributed by atoms with E-state index in [-0.39, 0.29) is 0 Å². The molecule has 112 valence electrons. The highest BCUT2D eigenvalue weighted by molar-refractivity contribution is 6.12. The molecule has 23 heavy (non-hydrogen) atoms. The standard InChI is InChI=1S/C21H18N2/c1-4-10-18(11-5-1)16-17-22-23-21(19-12-6-2-7-13-19)20-14-8-3-9-15-20/h1-15,17H,16H2. The molecule has 0 saturated carbocycles. The lowest BCUT2D eigenvalue weighted by molar-refractivity contribution is 1.21. The zero-order valence-electron chi connectivity index (χ0n) is 12.8. The van der Waals surface area contributed by atoms with Gasteiger partial charge < -0.3 is 0 Å². The molecule has 3 aromatic carbocycles. The van der Waals surface area contributed by atoms with Gasteiger partial charge in [-0.3, -0.25) is 0 Å². The van der Waals surface area contributed by atoms with Crippen LogP contribution in [0.15, 0.2) is 101 Å². The second-order valence-corrected chi connectivity index (χ2v) is 5.17. The first-order valence-corrected chi connectivity index (χ1v) is 7.68. The predicted molar refractivity (Wildman–Crippen MR) is 97.2 cm³/mol. The summed E-state index contributed by atoms with van der Waals surface area (Å²) in [6, 6.07) is 30.5. The zero-order valence-corrected chi connectivity index (χ0v) is 12.8. The third-order valence-corrected chi connectivity index (χ3v) is 3.50. The third kappa shape index (κ3) is 4.24. The van der Waals surface area contributed by atoms with Crippen molar-refractivity contribution in [2.24, 2.45) is 10.2 Å². The van der Waals surface area contributed by atoms with E-state index in [4.69, 9.17) is 0 Å². The topological polar surface area (TPSA) is 24.7 Å². The van der Waals surface area contributed by atoms with Crippen LogP contribution in [0.5, 0.6) is 0 Å². The summed E-state index contributed by atoms with van der Waals surface area (Å²) < 4.78 is 0. The van der Waals surface area contributed by atoms with E-state index in [0.717, 1.165) is 23.3 Å². The highest BCUT2D eigenvalue weighted by atomic mass is 15.2. The van der Waals surface area contributed by atoms with Gasteiger partial charge >= 0.3 is 0 Å². The number of nitrogens with zero attached hydrogens (tertiary/aromatic N) is 2. The van der Waals surface area contributed by atoms with Crippen molar-refractivity contribution in [2.45, 2.75) is 6.42 Å². The molecule has 0 amide bonds. The van der Waals surface area contributed by atoms with E-state index in [2.05, 4.69) is 46.6 Å². The average Bonchev–Trinajstić information content (AvgIpc) is 2.64. The molecule has 0 N–H and O–H groups in total. The van der Waals surface area contributed by atoms with E-state index >= 15 is 0 Å². The Morgan fingerprint density at radius 2 is 1.13 bits per heavy atom. The second-order valence-electron chi connectivity index (χ2n) is 5.17. The Morgan fingerprint density at radius 3 is 1.65 bits per heavy atom. The Kier molecular flexibility index (Phi) is 5.09. The Labute approximate surface area is 136 Å². The molecule has 3 rings (SSSR count). The van der Waals surface area contributed by atoms with Gasteiger partial charge in [0.05, 0.1) is 0 Å². The summed E-state index contributed by atoms with van der Waals surface area (Å²) in [6.07, 6.45) is 2.63. The zero-order chi connectivity index (χ0) is 15.7. The van der Waals surface area contributed by atoms with Crippen LogP contribution >= 0.6 is 0 Å². The van der Waals surface area contributed by atoms with Gasteiger partial charge in [0.15, 0.2) is 0 Å². The highest BCUT2D eigenvalue weighted by Crippen LogP contribution is 2.11. The van der Waals surface area contributed by atoms with Crippen LogP contribution in [-0.4, -0.2) is 11.9 Å². The monoisotopic (exact) mass is 298 g/mol. The van der Waals surface area contributed by atoms with E-state index in [1.54, 1.807) is 0 Å². The molecule has 0 atom stereocenters. The predicted octanol–water partition coefficient (Wildman–Crippen LogP) is 4.75. The molecule has 0 aliphatic rings. The first-order chi connectivity index (χ1) is 11.4. The van der Waals surface area contributed by atoms with Crippen LogP contribution in [0.25, 0.3) is 0 Å². The summed E-state index contributed by atoms with van der Waals surface area (Å²) in [5.41, 5.74) is 4.24. The van der Waals surface area contributed by atoms with Gasteiger partial charge in [0.1, 0.15) is 5.71 Å². The van der Waals surface area contributed by atoms with E-state index in [9.17, 15) is 0 Å². The molecule has 2 nitrogen and oxygen atoms in total. The van der Waals surface area contributed by atoms with Gasteiger partial charge in [-0.25, -0.2) is 0 Å². The molecule has 0 heterocycles. The number of hydrogen-bond acceptors (Lipinski definition) is 2. The van der Waals surface area contributed by atoms with Crippen molar-refractivity contribution in [2.75, 3.05) is 0 Å². The van der Waals surface area contributed by atoms with Crippen LogP contribution in [0.1, 0.15) is 16.7 Å². The molecule has 0 radical (unpaired) electrons. The largest absolute Gasteiger partial charge is 0.163 e. The van der Waals surface area contributed by atoms with Crippen LogP contribution < -0.4 is 0 Å². The molecule has 0 aliphatic carbocycles. The maximum absolute atomic E-state index is 4.47. The lowest BCUT2D eigenvalue weighted by atomic mass is 10.0. The van der Waals surface area contributed by atoms with Crippen LogP contribution in [0.3, 0.4) is 0 Å². The fourth-order valence-electron chi connectivity index (χ4n) is 2.33. The van der Waals surface area contributed by atoms with Gasteiger partial charge in [-0.2, -0.15) is 10.2 Å². The van der Waals surface area contributed by atoms with Gasteiger partial charge in [0, 0.05) is 23.8 Å². The third-order valence-electron chi connectivity index (χ3n) is 3.50. The van der Waals surface area contributed by atoms with Gasteiger partial charge in [-0.05, 0) is 5.56 Å². The molecule has 0 spiro atoms. The summed E-state index contributed by atoms with van der Waals surface area (Å²) >= 11 is 0. The van der Waals surface area contributed by atoms with Gasteiger partial charge in [0.25, 0.3) is 0 Å². The molecular weight excluding hydrogens is 280 g/mol. The smallest absolute Gasteiger partial charge is 0.100 e. The molecule has 0 bridgehead atoms. The minimum absolute atomic E-state index is 0.779. The average molecular weight is 298 g/mol. The van der Waals surface area contributed by atoms with Crippen LogP contribution in [-0.2, 0) is 6.42 Å². The molecule has 0 unspecified atom stereocenters. The van der Waals surface area contributed by atoms with Crippen molar-refractivity contribution in [3.63, 3.8) is 0 Å². The minimum Gasteiger partial charge on any atom is -0.163 e. The Morgan fingerprint density at radius 1 is 0.652 bits per heavy atom. The van der Waals surface area contributed by atoms with E-state index in [1.807, 2.05) is 60.8 Å². The molecular formula is C21H18N2. The molecule has 2 heteroatoms. The summed E-state index contributed by atoms with van der Waals surface area (Å²) in [5.74, 6) is 0.